The Morgan fingerprint density at radius 3 is 2.08 bits per heavy atom. The normalized spacial score (nSPS) is 30.9. The third-order valence-electron chi connectivity index (χ3n) is 14.1. The third-order valence-corrected chi connectivity index (χ3v) is 14.1. The number of carbonyl (C=O) groups excluding carboxylic acids is 6. The van der Waals surface area contributed by atoms with Gasteiger partial charge in [0.05, 0.1) is 35.6 Å². The Labute approximate surface area is 376 Å². The fourth-order valence-electron chi connectivity index (χ4n) is 10.5. The smallest absolute Gasteiger partial charge is 0.338 e. The molecule has 0 radical (unpaired) electrons. The molecular formula is C49H56N2O14. The second-order valence-electron chi connectivity index (χ2n) is 18.4. The van der Waals surface area contributed by atoms with Gasteiger partial charge in [-0.1, -0.05) is 68.4 Å². The molecule has 16 nitrogen and oxygen atoms in total. The fourth-order valence-corrected chi connectivity index (χ4v) is 10.5. The number of hydrogen-bond acceptors (Lipinski definition) is 15. The molecule has 0 aromatic heterocycles. The zero-order chi connectivity index (χ0) is 47.4. The lowest BCUT2D eigenvalue weighted by atomic mass is 9.44. The Morgan fingerprint density at radius 2 is 1.49 bits per heavy atom. The molecule has 1 aliphatic heterocycles. The van der Waals surface area contributed by atoms with E-state index in [1.807, 2.05) is 0 Å². The van der Waals surface area contributed by atoms with E-state index in [4.69, 9.17) is 23.7 Å². The highest BCUT2D eigenvalue weighted by atomic mass is 16.6. The molecule has 11 atom stereocenters. The molecule has 16 heteroatoms. The Bertz CT molecular complexity index is 2400. The molecule has 1 saturated heterocycles. The van der Waals surface area contributed by atoms with Crippen LogP contribution in [-0.4, -0.2) is 119 Å². The minimum Gasteiger partial charge on any atom is -0.456 e. The quantitative estimate of drug-likeness (QED) is 0.122. The number of Topliss-reactive ketones (excluding diaryl/α,β-unsaturated/α-hetero) is 1. The Hall–Kier alpha value is -5.94. The molecule has 2 saturated carbocycles. The SMILES string of the molecule is CC(=O)O[C@H]1C(=O)[C@@]2(C)[C@H]([C@H](OC(=O)c3cccc(N(C)C)c3)[C@]3(O)C[C@H](OC(=O)[C@H](O)[C@@H](NC(=O)c4ccccc4)c4ccccc4)C(C)=C1C3(C)C)[C@]1(OC(C)=O)CO[C@@H]1C[C@@H]2O. The first-order valence-electron chi connectivity index (χ1n) is 21.5. The third kappa shape index (κ3) is 8.00. The van der Waals surface area contributed by atoms with Gasteiger partial charge in [-0.3, -0.25) is 19.2 Å². The van der Waals surface area contributed by atoms with Crippen molar-refractivity contribution < 1.29 is 67.8 Å². The van der Waals surface area contributed by atoms with Crippen LogP contribution in [0.3, 0.4) is 0 Å². The molecule has 2 bridgehead atoms. The summed E-state index contributed by atoms with van der Waals surface area (Å²) in [7, 11) is 3.56. The molecule has 4 aliphatic rings. The highest BCUT2D eigenvalue weighted by Gasteiger charge is 2.78. The van der Waals surface area contributed by atoms with E-state index in [1.54, 1.807) is 112 Å². The molecular weight excluding hydrogens is 841 g/mol. The van der Waals surface area contributed by atoms with Crippen LogP contribution in [0.2, 0.25) is 0 Å². The van der Waals surface area contributed by atoms with Crippen LogP contribution in [-0.2, 0) is 42.9 Å². The van der Waals surface area contributed by atoms with Crippen LogP contribution in [0.25, 0.3) is 0 Å². The first-order valence-corrected chi connectivity index (χ1v) is 21.5. The van der Waals surface area contributed by atoms with Gasteiger partial charge in [0, 0.05) is 57.5 Å². The molecule has 0 spiro atoms. The van der Waals surface area contributed by atoms with Gasteiger partial charge in [-0.2, -0.15) is 0 Å². The number of carbonyl (C=O) groups is 6. The number of nitrogens with one attached hydrogen (secondary N) is 1. The number of rotatable bonds is 11. The van der Waals surface area contributed by atoms with E-state index < -0.39 is 113 Å². The van der Waals surface area contributed by atoms with Gasteiger partial charge in [0.15, 0.2) is 23.6 Å². The van der Waals surface area contributed by atoms with E-state index in [0.717, 1.165) is 13.8 Å². The number of ether oxygens (including phenoxy) is 5. The number of esters is 4. The van der Waals surface area contributed by atoms with E-state index in [0.29, 0.717) is 11.3 Å². The summed E-state index contributed by atoms with van der Waals surface area (Å²) in [6, 6.07) is 21.6. The first-order chi connectivity index (χ1) is 30.6. The number of hydrogen-bond donors (Lipinski definition) is 4. The number of benzene rings is 3. The van der Waals surface area contributed by atoms with Gasteiger partial charge in [0.1, 0.15) is 23.9 Å². The van der Waals surface area contributed by atoms with Gasteiger partial charge in [-0.15, -0.1) is 0 Å². The van der Waals surface area contributed by atoms with Crippen molar-refractivity contribution >= 4 is 41.3 Å². The maximum atomic E-state index is 15.6. The molecule has 1 amide bonds. The number of amides is 1. The van der Waals surface area contributed by atoms with E-state index in [-0.39, 0.29) is 35.3 Å². The van der Waals surface area contributed by atoms with Crippen LogP contribution < -0.4 is 10.2 Å². The molecule has 3 fully saturated rings. The zero-order valence-corrected chi connectivity index (χ0v) is 37.6. The van der Waals surface area contributed by atoms with Crippen LogP contribution >= 0.6 is 0 Å². The van der Waals surface area contributed by atoms with Crippen LogP contribution in [0.15, 0.2) is 96.1 Å². The van der Waals surface area contributed by atoms with Crippen molar-refractivity contribution in [3.8, 4) is 0 Å². The van der Waals surface area contributed by atoms with Crippen LogP contribution in [0.5, 0.6) is 0 Å². The number of nitrogens with zero attached hydrogens (tertiary/aromatic N) is 1. The standard InChI is InChI=1S/C49H56N2O14/c1-26-33(63-45(59)38(55)37(29-16-11-9-12-17-29)50-43(57)30-18-13-10-14-19-30)24-49(60)42(64-44(58)31-20-15-21-32(22-31)51(7)8)40-47(6,34(54)23-35-48(40,25-61-35)65-28(3)53)41(56)39(62-27(2)52)36(26)46(49,4)5/h9-22,33-35,37-40,42,54-55,60H,23-25H2,1-8H3,(H,50,57)/t33-,34-,35+,37-,38+,39+,40-,42-,47+,48-,49+/m0/s1. The van der Waals surface area contributed by atoms with Gasteiger partial charge in [0.2, 0.25) is 0 Å². The van der Waals surface area contributed by atoms with E-state index >= 15 is 4.79 Å². The lowest BCUT2D eigenvalue weighted by molar-refractivity contribution is -0.346. The Balaban J connectivity index is 1.40. The van der Waals surface area contributed by atoms with Gasteiger partial charge in [-0.25, -0.2) is 9.59 Å². The van der Waals surface area contributed by atoms with Crippen molar-refractivity contribution in [2.45, 2.75) is 108 Å². The van der Waals surface area contributed by atoms with Crippen molar-refractivity contribution in [2.75, 3.05) is 25.6 Å². The lowest BCUT2D eigenvalue weighted by Gasteiger charge is -2.67. The minimum atomic E-state index is -2.41. The minimum absolute atomic E-state index is 0.00761. The highest BCUT2D eigenvalue weighted by molar-refractivity contribution is 5.96. The Morgan fingerprint density at radius 1 is 0.862 bits per heavy atom. The second-order valence-corrected chi connectivity index (χ2v) is 18.4. The van der Waals surface area contributed by atoms with Gasteiger partial charge in [-0.05, 0) is 60.9 Å². The van der Waals surface area contributed by atoms with E-state index in [2.05, 4.69) is 5.32 Å². The van der Waals surface area contributed by atoms with E-state index in [9.17, 15) is 39.3 Å². The maximum Gasteiger partial charge on any atom is 0.338 e. The molecule has 3 aromatic rings. The number of aliphatic hydroxyl groups excluding tert-OH is 2. The molecule has 1 heterocycles. The molecule has 3 aromatic carbocycles. The number of fused-ring (bicyclic) bond motifs is 5. The molecule has 3 aliphatic carbocycles. The maximum absolute atomic E-state index is 15.6. The van der Waals surface area contributed by atoms with Gasteiger partial charge < -0.3 is 49.2 Å². The summed E-state index contributed by atoms with van der Waals surface area (Å²) in [6.45, 7) is 7.99. The number of anilines is 1. The summed E-state index contributed by atoms with van der Waals surface area (Å²) < 4.78 is 30.5. The summed E-state index contributed by atoms with van der Waals surface area (Å²) in [5.41, 5.74) is -6.49. The zero-order valence-electron chi connectivity index (χ0n) is 37.6. The summed E-state index contributed by atoms with van der Waals surface area (Å²) in [5, 5.41) is 40.5. The van der Waals surface area contributed by atoms with E-state index in [1.165, 1.54) is 19.9 Å². The second kappa shape index (κ2) is 17.5. The van der Waals surface area contributed by atoms with Crippen molar-refractivity contribution in [3.63, 3.8) is 0 Å². The summed E-state index contributed by atoms with van der Waals surface area (Å²) in [4.78, 5) is 86.0. The average molecular weight is 897 g/mol. The van der Waals surface area contributed by atoms with Crippen LogP contribution in [0.1, 0.15) is 86.7 Å². The van der Waals surface area contributed by atoms with Crippen molar-refractivity contribution in [2.24, 2.45) is 16.7 Å². The van der Waals surface area contributed by atoms with Gasteiger partial charge in [0.25, 0.3) is 5.91 Å². The highest BCUT2D eigenvalue weighted by Crippen LogP contribution is 2.64. The summed E-state index contributed by atoms with van der Waals surface area (Å²) in [6.07, 6.45) is -10.6. The first kappa shape index (κ1) is 47.0. The van der Waals surface area contributed by atoms with Crippen LogP contribution in [0, 0.1) is 16.7 Å². The molecule has 346 valence electrons. The lowest BCUT2D eigenvalue weighted by Crippen LogP contribution is -2.82. The molecule has 4 N–H and O–H groups in total. The van der Waals surface area contributed by atoms with Crippen molar-refractivity contribution in [3.05, 3.63) is 113 Å². The predicted molar refractivity (Wildman–Crippen MR) is 232 cm³/mol. The van der Waals surface area contributed by atoms with Crippen LogP contribution in [0.4, 0.5) is 5.69 Å². The number of ketones is 1. The summed E-state index contributed by atoms with van der Waals surface area (Å²) >= 11 is 0. The van der Waals surface area contributed by atoms with Crippen molar-refractivity contribution in [1.29, 1.82) is 0 Å². The van der Waals surface area contributed by atoms with Crippen molar-refractivity contribution in [1.82, 2.24) is 5.32 Å². The largest absolute Gasteiger partial charge is 0.456 e. The number of aliphatic hydroxyl groups is 3. The Kier molecular flexibility index (Phi) is 12.6. The molecule has 0 unspecified atom stereocenters. The molecule has 7 rings (SSSR count). The predicted octanol–water partition coefficient (Wildman–Crippen LogP) is 3.80. The topological polar surface area (TPSA) is 225 Å². The van der Waals surface area contributed by atoms with Gasteiger partial charge >= 0.3 is 23.9 Å². The molecule has 65 heavy (non-hydrogen) atoms. The summed E-state index contributed by atoms with van der Waals surface area (Å²) in [5.74, 6) is -6.89. The monoisotopic (exact) mass is 896 g/mol. The average Bonchev–Trinajstić information content (AvgIpc) is 3.26. The fraction of sp³-hybridized carbons (Fsp3) is 0.469.